The van der Waals surface area contributed by atoms with Gasteiger partial charge in [-0.2, -0.15) is 5.10 Å². The first-order valence-corrected chi connectivity index (χ1v) is 7.27. The van der Waals surface area contributed by atoms with Crippen molar-refractivity contribution in [3.05, 3.63) is 30.2 Å². The summed E-state index contributed by atoms with van der Waals surface area (Å²) in [6.07, 6.45) is 6.86. The monoisotopic (exact) mass is 272 g/mol. The Morgan fingerprint density at radius 3 is 2.85 bits per heavy atom. The minimum absolute atomic E-state index is 0.0271. The molecule has 1 fully saturated rings. The minimum Gasteiger partial charge on any atom is -0.337 e. The summed E-state index contributed by atoms with van der Waals surface area (Å²) in [5.74, 6) is 0.0271. The molecule has 0 N–H and O–H groups in total. The molecule has 0 unspecified atom stereocenters. The van der Waals surface area contributed by atoms with Gasteiger partial charge in [-0.05, 0) is 30.7 Å². The van der Waals surface area contributed by atoms with E-state index in [2.05, 4.69) is 23.9 Å². The first-order valence-electron chi connectivity index (χ1n) is 7.27. The molecular weight excluding hydrogens is 252 g/mol. The van der Waals surface area contributed by atoms with Gasteiger partial charge in [0, 0.05) is 31.5 Å². The number of carbonyl (C=O) groups is 1. The van der Waals surface area contributed by atoms with Crippen LogP contribution in [0.4, 0.5) is 0 Å². The summed E-state index contributed by atoms with van der Waals surface area (Å²) in [7, 11) is 0. The van der Waals surface area contributed by atoms with Gasteiger partial charge in [-0.1, -0.05) is 13.8 Å². The van der Waals surface area contributed by atoms with Crippen LogP contribution in [0.15, 0.2) is 24.5 Å². The van der Waals surface area contributed by atoms with Gasteiger partial charge >= 0.3 is 0 Å². The molecule has 3 rings (SSSR count). The number of likely N-dealkylation sites (tertiary alicyclic amines) is 1. The van der Waals surface area contributed by atoms with E-state index in [1.807, 2.05) is 17.2 Å². The molecule has 20 heavy (non-hydrogen) atoms. The van der Waals surface area contributed by atoms with Crippen molar-refractivity contribution in [2.24, 2.45) is 5.41 Å². The fourth-order valence-corrected chi connectivity index (χ4v) is 3.03. The highest BCUT2D eigenvalue weighted by molar-refractivity contribution is 5.93. The second-order valence-electron chi connectivity index (χ2n) is 5.64. The van der Waals surface area contributed by atoms with Crippen LogP contribution < -0.4 is 0 Å². The van der Waals surface area contributed by atoms with E-state index in [1.165, 1.54) is 0 Å². The topological polar surface area (TPSA) is 50.5 Å². The summed E-state index contributed by atoms with van der Waals surface area (Å²) in [5.41, 5.74) is 1.51. The molecule has 1 aliphatic rings. The molecule has 2 aromatic heterocycles. The Labute approximate surface area is 118 Å². The van der Waals surface area contributed by atoms with Crippen LogP contribution in [0.2, 0.25) is 0 Å². The minimum atomic E-state index is 0.0271. The Balaban J connectivity index is 1.83. The van der Waals surface area contributed by atoms with E-state index in [4.69, 9.17) is 0 Å². The molecule has 5 nitrogen and oxygen atoms in total. The molecule has 5 heteroatoms. The maximum absolute atomic E-state index is 12.6. The highest BCUT2D eigenvalue weighted by Gasteiger charge is 2.37. The summed E-state index contributed by atoms with van der Waals surface area (Å²) in [4.78, 5) is 18.7. The van der Waals surface area contributed by atoms with Crippen LogP contribution in [-0.4, -0.2) is 38.5 Å². The predicted molar refractivity (Wildman–Crippen MR) is 76.5 cm³/mol. The van der Waals surface area contributed by atoms with E-state index < -0.39 is 0 Å². The number of carbonyl (C=O) groups excluding carboxylic acids is 1. The maximum Gasteiger partial charge on any atom is 0.274 e. The number of hydrogen-bond donors (Lipinski definition) is 0. The molecule has 0 atom stereocenters. The quantitative estimate of drug-likeness (QED) is 0.862. The van der Waals surface area contributed by atoms with E-state index in [1.54, 1.807) is 16.8 Å². The Hall–Kier alpha value is -1.91. The van der Waals surface area contributed by atoms with Crippen LogP contribution >= 0.6 is 0 Å². The largest absolute Gasteiger partial charge is 0.337 e. The summed E-state index contributed by atoms with van der Waals surface area (Å²) in [6.45, 7) is 6.11. The average Bonchev–Trinajstić information content (AvgIpc) is 3.11. The predicted octanol–water partition coefficient (Wildman–Crippen LogP) is 2.38. The number of fused-ring (bicyclic) bond motifs is 1. The van der Waals surface area contributed by atoms with Crippen LogP contribution in [-0.2, 0) is 0 Å². The fourth-order valence-electron chi connectivity index (χ4n) is 3.03. The zero-order valence-corrected chi connectivity index (χ0v) is 12.0. The van der Waals surface area contributed by atoms with Gasteiger partial charge in [0.2, 0.25) is 0 Å². The third-order valence-corrected chi connectivity index (χ3v) is 4.68. The van der Waals surface area contributed by atoms with Gasteiger partial charge in [0.15, 0.2) is 11.3 Å². The third kappa shape index (κ3) is 2.07. The van der Waals surface area contributed by atoms with Crippen molar-refractivity contribution in [2.45, 2.75) is 33.1 Å². The van der Waals surface area contributed by atoms with Crippen molar-refractivity contribution in [3.8, 4) is 0 Å². The van der Waals surface area contributed by atoms with E-state index in [-0.39, 0.29) is 5.91 Å². The highest BCUT2D eigenvalue weighted by Crippen LogP contribution is 2.37. The normalized spacial score (nSPS) is 17.8. The molecule has 1 saturated heterocycles. The van der Waals surface area contributed by atoms with Crippen LogP contribution in [0, 0.1) is 5.41 Å². The van der Waals surface area contributed by atoms with Crippen molar-refractivity contribution in [3.63, 3.8) is 0 Å². The number of amides is 1. The summed E-state index contributed by atoms with van der Waals surface area (Å²) < 4.78 is 1.65. The van der Waals surface area contributed by atoms with Crippen LogP contribution in [0.25, 0.3) is 5.65 Å². The zero-order chi connectivity index (χ0) is 14.2. The lowest BCUT2D eigenvalue weighted by Gasteiger charge is -2.26. The van der Waals surface area contributed by atoms with Crippen LogP contribution in [0.3, 0.4) is 0 Å². The Kier molecular flexibility index (Phi) is 3.20. The second-order valence-corrected chi connectivity index (χ2v) is 5.64. The lowest BCUT2D eigenvalue weighted by molar-refractivity contribution is 0.0763. The lowest BCUT2D eigenvalue weighted by atomic mass is 9.82. The van der Waals surface area contributed by atoms with Gasteiger partial charge in [-0.3, -0.25) is 4.79 Å². The lowest BCUT2D eigenvalue weighted by Crippen LogP contribution is -2.32. The highest BCUT2D eigenvalue weighted by atomic mass is 16.2. The molecular formula is C15H20N4O. The fraction of sp³-hybridized carbons (Fsp3) is 0.533. The van der Waals surface area contributed by atoms with Gasteiger partial charge < -0.3 is 4.90 Å². The SMILES string of the molecule is CCC1(CC)CCN(C(=O)c2cc3ncccn3n2)C1. The van der Waals surface area contributed by atoms with Crippen molar-refractivity contribution in [1.29, 1.82) is 0 Å². The molecule has 0 saturated carbocycles. The van der Waals surface area contributed by atoms with Gasteiger partial charge in [0.25, 0.3) is 5.91 Å². The number of nitrogens with zero attached hydrogens (tertiary/aromatic N) is 4. The van der Waals surface area contributed by atoms with E-state index in [0.717, 1.165) is 32.4 Å². The van der Waals surface area contributed by atoms with Crippen molar-refractivity contribution < 1.29 is 4.79 Å². The van der Waals surface area contributed by atoms with Gasteiger partial charge in [0.05, 0.1) is 0 Å². The smallest absolute Gasteiger partial charge is 0.274 e. The average molecular weight is 272 g/mol. The standard InChI is InChI=1S/C15H20N4O/c1-3-15(4-2)6-9-18(11-15)14(20)12-10-13-16-7-5-8-19(13)17-12/h5,7-8,10H,3-4,6,9,11H2,1-2H3. The number of hydrogen-bond acceptors (Lipinski definition) is 3. The van der Waals surface area contributed by atoms with E-state index >= 15 is 0 Å². The maximum atomic E-state index is 12.6. The van der Waals surface area contributed by atoms with Crippen LogP contribution in [0.5, 0.6) is 0 Å². The Morgan fingerprint density at radius 2 is 2.20 bits per heavy atom. The second kappa shape index (κ2) is 4.89. The summed E-state index contributed by atoms with van der Waals surface area (Å²) in [6, 6.07) is 3.57. The zero-order valence-electron chi connectivity index (χ0n) is 12.0. The van der Waals surface area contributed by atoms with E-state index in [0.29, 0.717) is 16.8 Å². The van der Waals surface area contributed by atoms with Crippen LogP contribution in [0.1, 0.15) is 43.6 Å². The van der Waals surface area contributed by atoms with E-state index in [9.17, 15) is 4.79 Å². The first-order chi connectivity index (χ1) is 9.67. The van der Waals surface area contributed by atoms with Crippen molar-refractivity contribution in [1.82, 2.24) is 19.5 Å². The molecule has 0 radical (unpaired) electrons. The summed E-state index contributed by atoms with van der Waals surface area (Å²) >= 11 is 0. The number of aromatic nitrogens is 3. The summed E-state index contributed by atoms with van der Waals surface area (Å²) in [5, 5.41) is 4.32. The molecule has 1 amide bonds. The molecule has 106 valence electrons. The molecule has 0 bridgehead atoms. The van der Waals surface area contributed by atoms with Gasteiger partial charge in [-0.15, -0.1) is 0 Å². The van der Waals surface area contributed by atoms with Gasteiger partial charge in [0.1, 0.15) is 0 Å². The first kappa shape index (κ1) is 13.1. The molecule has 0 aliphatic carbocycles. The Bertz CT molecular complexity index is 597. The molecule has 0 aromatic carbocycles. The van der Waals surface area contributed by atoms with Gasteiger partial charge in [-0.25, -0.2) is 9.50 Å². The number of rotatable bonds is 3. The molecule has 1 aliphatic heterocycles. The molecule has 3 heterocycles. The third-order valence-electron chi connectivity index (χ3n) is 4.68. The van der Waals surface area contributed by atoms with Crippen molar-refractivity contribution in [2.75, 3.05) is 13.1 Å². The Morgan fingerprint density at radius 1 is 1.40 bits per heavy atom. The molecule has 0 spiro atoms. The molecule has 2 aromatic rings. The van der Waals surface area contributed by atoms with Crippen molar-refractivity contribution >= 4 is 11.6 Å².